The summed E-state index contributed by atoms with van der Waals surface area (Å²) < 4.78 is 5.06. The number of anilines is 2. The number of methoxy groups -OCH3 is 1. The van der Waals surface area contributed by atoms with E-state index in [0.29, 0.717) is 11.8 Å². The van der Waals surface area contributed by atoms with Gasteiger partial charge in [0, 0.05) is 25.3 Å². The molecule has 1 fully saturated rings. The van der Waals surface area contributed by atoms with Crippen LogP contribution in [0, 0.1) is 0 Å². The second kappa shape index (κ2) is 5.68. The summed E-state index contributed by atoms with van der Waals surface area (Å²) in [4.78, 5) is 18.8. The molecule has 1 aliphatic rings. The Hall–Kier alpha value is -2.44. The molecule has 0 radical (unpaired) electrons. The van der Waals surface area contributed by atoms with Gasteiger partial charge in [0.15, 0.2) is 5.75 Å². The second-order valence-corrected chi connectivity index (χ2v) is 4.59. The Morgan fingerprint density at radius 3 is 2.85 bits per heavy atom. The van der Waals surface area contributed by atoms with Crippen molar-refractivity contribution >= 4 is 11.8 Å². The lowest BCUT2D eigenvalue weighted by Gasteiger charge is -2.17. The van der Waals surface area contributed by atoms with Crippen molar-refractivity contribution in [3.63, 3.8) is 0 Å². The Morgan fingerprint density at radius 1 is 1.30 bits per heavy atom. The van der Waals surface area contributed by atoms with E-state index in [9.17, 15) is 0 Å². The molecule has 104 valence electrons. The van der Waals surface area contributed by atoms with E-state index in [4.69, 9.17) is 4.74 Å². The first-order valence-corrected chi connectivity index (χ1v) is 6.48. The lowest BCUT2D eigenvalue weighted by atomic mass is 10.2. The molecule has 0 spiro atoms. The largest absolute Gasteiger partial charge is 0.494 e. The number of hydrogen-bond donors (Lipinski definition) is 1. The summed E-state index contributed by atoms with van der Waals surface area (Å²) in [5.74, 6) is 2.25. The Morgan fingerprint density at radius 2 is 2.15 bits per heavy atom. The molecule has 2 aromatic rings. The van der Waals surface area contributed by atoms with Gasteiger partial charge in [-0.3, -0.25) is 0 Å². The van der Waals surface area contributed by atoms with Gasteiger partial charge in [0.2, 0.25) is 5.95 Å². The standard InChI is InChI=1S/C13H16N6O/c1-20-11-6-15-13(16-7-11)19-5-3-10(8-19)18-12-2-4-14-9-17-12/h2,4,6-7,9-10H,3,5,8H2,1H3,(H,14,17,18). The van der Waals surface area contributed by atoms with Crippen LogP contribution in [0.25, 0.3) is 0 Å². The molecule has 7 heteroatoms. The van der Waals surface area contributed by atoms with Crippen LogP contribution in [0.1, 0.15) is 6.42 Å². The van der Waals surface area contributed by atoms with Crippen molar-refractivity contribution in [3.05, 3.63) is 31.0 Å². The number of rotatable bonds is 4. The number of nitrogens with one attached hydrogen (secondary N) is 1. The highest BCUT2D eigenvalue weighted by atomic mass is 16.5. The van der Waals surface area contributed by atoms with Crippen LogP contribution in [-0.4, -0.2) is 46.2 Å². The predicted molar refractivity (Wildman–Crippen MR) is 74.9 cm³/mol. The third-order valence-corrected chi connectivity index (χ3v) is 3.26. The Balaban J connectivity index is 1.61. The number of ether oxygens (including phenoxy) is 1. The third-order valence-electron chi connectivity index (χ3n) is 3.26. The maximum absolute atomic E-state index is 5.06. The van der Waals surface area contributed by atoms with Crippen LogP contribution < -0.4 is 15.0 Å². The average molecular weight is 272 g/mol. The molecule has 0 aromatic carbocycles. The van der Waals surface area contributed by atoms with Gasteiger partial charge in [-0.2, -0.15) is 0 Å². The minimum absolute atomic E-state index is 0.343. The van der Waals surface area contributed by atoms with Crippen molar-refractivity contribution in [1.82, 2.24) is 19.9 Å². The molecule has 1 saturated heterocycles. The molecule has 0 amide bonds. The molecule has 7 nitrogen and oxygen atoms in total. The first-order chi connectivity index (χ1) is 9.85. The summed E-state index contributed by atoms with van der Waals surface area (Å²) in [5, 5.41) is 3.39. The summed E-state index contributed by atoms with van der Waals surface area (Å²) >= 11 is 0. The van der Waals surface area contributed by atoms with Crippen molar-refractivity contribution in [2.75, 3.05) is 30.4 Å². The van der Waals surface area contributed by atoms with E-state index in [1.807, 2.05) is 6.07 Å². The van der Waals surface area contributed by atoms with Gasteiger partial charge in [-0.15, -0.1) is 0 Å². The van der Waals surface area contributed by atoms with Gasteiger partial charge in [0.25, 0.3) is 0 Å². The van der Waals surface area contributed by atoms with Gasteiger partial charge in [-0.05, 0) is 12.5 Å². The van der Waals surface area contributed by atoms with Crippen LogP contribution in [-0.2, 0) is 0 Å². The monoisotopic (exact) mass is 272 g/mol. The summed E-state index contributed by atoms with van der Waals surface area (Å²) in [6, 6.07) is 2.21. The summed E-state index contributed by atoms with van der Waals surface area (Å²) in [5.41, 5.74) is 0. The molecule has 1 atom stereocenters. The van der Waals surface area contributed by atoms with E-state index in [0.717, 1.165) is 31.3 Å². The highest BCUT2D eigenvalue weighted by molar-refractivity contribution is 5.38. The van der Waals surface area contributed by atoms with Crippen LogP contribution in [0.2, 0.25) is 0 Å². The molecule has 1 aliphatic heterocycles. The molecule has 0 bridgehead atoms. The molecule has 2 aromatic heterocycles. The van der Waals surface area contributed by atoms with E-state index in [1.54, 1.807) is 32.0 Å². The molecule has 1 unspecified atom stereocenters. The fraction of sp³-hybridized carbons (Fsp3) is 0.385. The lowest BCUT2D eigenvalue weighted by Crippen LogP contribution is -2.27. The SMILES string of the molecule is COc1cnc(N2CCC(Nc3ccncn3)C2)nc1. The Bertz CT molecular complexity index is 547. The van der Waals surface area contributed by atoms with E-state index in [-0.39, 0.29) is 0 Å². The van der Waals surface area contributed by atoms with Gasteiger partial charge < -0.3 is 15.0 Å². The van der Waals surface area contributed by atoms with E-state index in [1.165, 1.54) is 0 Å². The molecule has 0 saturated carbocycles. The zero-order valence-corrected chi connectivity index (χ0v) is 11.2. The van der Waals surface area contributed by atoms with Crippen LogP contribution in [0.3, 0.4) is 0 Å². The third kappa shape index (κ3) is 2.76. The highest BCUT2D eigenvalue weighted by Crippen LogP contribution is 2.19. The first kappa shape index (κ1) is 12.6. The van der Waals surface area contributed by atoms with E-state index in [2.05, 4.69) is 30.2 Å². The number of nitrogens with zero attached hydrogens (tertiary/aromatic N) is 5. The number of hydrogen-bond acceptors (Lipinski definition) is 7. The van der Waals surface area contributed by atoms with Gasteiger partial charge in [-0.1, -0.05) is 0 Å². The van der Waals surface area contributed by atoms with E-state index >= 15 is 0 Å². The minimum atomic E-state index is 0.343. The molecular weight excluding hydrogens is 256 g/mol. The topological polar surface area (TPSA) is 76.1 Å². The van der Waals surface area contributed by atoms with Crippen LogP contribution in [0.5, 0.6) is 5.75 Å². The quantitative estimate of drug-likeness (QED) is 0.888. The van der Waals surface area contributed by atoms with Crippen molar-refractivity contribution in [1.29, 1.82) is 0 Å². The zero-order chi connectivity index (χ0) is 13.8. The van der Waals surface area contributed by atoms with Crippen LogP contribution >= 0.6 is 0 Å². The molecule has 3 heterocycles. The molecule has 0 aliphatic carbocycles. The minimum Gasteiger partial charge on any atom is -0.494 e. The lowest BCUT2D eigenvalue weighted by molar-refractivity contribution is 0.410. The number of aromatic nitrogens is 4. The van der Waals surface area contributed by atoms with Crippen LogP contribution in [0.15, 0.2) is 31.0 Å². The van der Waals surface area contributed by atoms with E-state index < -0.39 is 0 Å². The van der Waals surface area contributed by atoms with Crippen molar-refractivity contribution in [3.8, 4) is 5.75 Å². The summed E-state index contributed by atoms with van der Waals surface area (Å²) in [6.07, 6.45) is 7.68. The summed E-state index contributed by atoms with van der Waals surface area (Å²) in [6.45, 7) is 1.78. The van der Waals surface area contributed by atoms with Crippen molar-refractivity contribution < 1.29 is 4.74 Å². The Kier molecular flexibility index (Phi) is 3.58. The molecule has 20 heavy (non-hydrogen) atoms. The first-order valence-electron chi connectivity index (χ1n) is 6.48. The Labute approximate surface area is 117 Å². The normalized spacial score (nSPS) is 18.1. The van der Waals surface area contributed by atoms with Crippen molar-refractivity contribution in [2.24, 2.45) is 0 Å². The van der Waals surface area contributed by atoms with Gasteiger partial charge in [0.05, 0.1) is 19.5 Å². The van der Waals surface area contributed by atoms with Gasteiger partial charge in [-0.25, -0.2) is 19.9 Å². The van der Waals surface area contributed by atoms with Crippen molar-refractivity contribution in [2.45, 2.75) is 12.5 Å². The fourth-order valence-electron chi connectivity index (χ4n) is 2.22. The average Bonchev–Trinajstić information content (AvgIpc) is 2.97. The van der Waals surface area contributed by atoms with Gasteiger partial charge >= 0.3 is 0 Å². The molecule has 3 rings (SSSR count). The highest BCUT2D eigenvalue weighted by Gasteiger charge is 2.24. The second-order valence-electron chi connectivity index (χ2n) is 4.59. The van der Waals surface area contributed by atoms with Gasteiger partial charge in [0.1, 0.15) is 12.1 Å². The predicted octanol–water partition coefficient (Wildman–Crippen LogP) is 0.966. The maximum Gasteiger partial charge on any atom is 0.225 e. The smallest absolute Gasteiger partial charge is 0.225 e. The maximum atomic E-state index is 5.06. The zero-order valence-electron chi connectivity index (χ0n) is 11.2. The summed E-state index contributed by atoms with van der Waals surface area (Å²) in [7, 11) is 1.61. The molecular formula is C13H16N6O. The van der Waals surface area contributed by atoms with Crippen LogP contribution in [0.4, 0.5) is 11.8 Å². The fourth-order valence-corrected chi connectivity index (χ4v) is 2.22. The molecule has 1 N–H and O–H groups in total.